The summed E-state index contributed by atoms with van der Waals surface area (Å²) >= 11 is 0. The van der Waals surface area contributed by atoms with Gasteiger partial charge in [-0.2, -0.15) is 5.26 Å². The Bertz CT molecular complexity index is 211. The lowest BCUT2D eigenvalue weighted by Crippen LogP contribution is -2.37. The van der Waals surface area contributed by atoms with Crippen LogP contribution in [0.3, 0.4) is 0 Å². The van der Waals surface area contributed by atoms with Crippen LogP contribution in [0.4, 0.5) is 0 Å². The lowest BCUT2D eigenvalue weighted by Gasteiger charge is -2.37. The molecule has 0 saturated heterocycles. The van der Waals surface area contributed by atoms with Crippen molar-refractivity contribution in [3.05, 3.63) is 0 Å². The molecular weight excluding hydrogens is 174 g/mol. The predicted octanol–water partition coefficient (Wildman–Crippen LogP) is 2.87. The van der Waals surface area contributed by atoms with Crippen LogP contribution in [-0.4, -0.2) is 11.2 Å². The Kier molecular flexibility index (Phi) is 3.95. The molecule has 0 aromatic heterocycles. The normalized spacial score (nSPS) is 34.9. The standard InChI is InChI=1S/C12H21NO/c1-3-4-11(14)12(9-13)7-5-10(2)6-8-12/h10-11,14H,3-8H2,1-2H3. The molecule has 0 aromatic rings. The first-order chi connectivity index (χ1) is 6.64. The zero-order chi connectivity index (χ0) is 10.6. The van der Waals surface area contributed by atoms with Crippen LogP contribution < -0.4 is 0 Å². The van der Waals surface area contributed by atoms with Crippen molar-refractivity contribution in [3.63, 3.8) is 0 Å². The zero-order valence-electron chi connectivity index (χ0n) is 9.29. The summed E-state index contributed by atoms with van der Waals surface area (Å²) in [4.78, 5) is 0. The molecule has 80 valence electrons. The molecule has 1 aliphatic carbocycles. The summed E-state index contributed by atoms with van der Waals surface area (Å²) in [5.41, 5.74) is -0.428. The van der Waals surface area contributed by atoms with Gasteiger partial charge in [0.25, 0.3) is 0 Å². The highest BCUT2D eigenvalue weighted by Gasteiger charge is 2.40. The van der Waals surface area contributed by atoms with E-state index in [0.29, 0.717) is 0 Å². The first-order valence-electron chi connectivity index (χ1n) is 5.74. The Hall–Kier alpha value is -0.550. The van der Waals surface area contributed by atoms with Crippen LogP contribution in [0, 0.1) is 22.7 Å². The Balaban J connectivity index is 2.63. The number of nitriles is 1. The molecule has 0 aromatic carbocycles. The zero-order valence-corrected chi connectivity index (χ0v) is 9.29. The SMILES string of the molecule is CCCC(O)C1(C#N)CCC(C)CC1. The molecule has 14 heavy (non-hydrogen) atoms. The molecule has 2 nitrogen and oxygen atoms in total. The second kappa shape index (κ2) is 4.79. The van der Waals surface area contributed by atoms with Gasteiger partial charge in [0.2, 0.25) is 0 Å². The van der Waals surface area contributed by atoms with Gasteiger partial charge in [-0.05, 0) is 38.0 Å². The Labute approximate surface area is 86.9 Å². The smallest absolute Gasteiger partial charge is 0.0832 e. The Morgan fingerprint density at radius 1 is 1.50 bits per heavy atom. The average Bonchev–Trinajstić information content (AvgIpc) is 2.20. The van der Waals surface area contributed by atoms with Gasteiger partial charge in [-0.1, -0.05) is 20.3 Å². The van der Waals surface area contributed by atoms with Crippen molar-refractivity contribution in [1.29, 1.82) is 5.26 Å². The fraction of sp³-hybridized carbons (Fsp3) is 0.917. The van der Waals surface area contributed by atoms with E-state index in [-0.39, 0.29) is 0 Å². The maximum atomic E-state index is 9.99. The van der Waals surface area contributed by atoms with Gasteiger partial charge in [-0.15, -0.1) is 0 Å². The van der Waals surface area contributed by atoms with Crippen LogP contribution in [0.5, 0.6) is 0 Å². The van der Waals surface area contributed by atoms with Gasteiger partial charge in [0.05, 0.1) is 17.6 Å². The van der Waals surface area contributed by atoms with Crippen molar-refractivity contribution in [2.45, 2.75) is 58.5 Å². The van der Waals surface area contributed by atoms with Gasteiger partial charge in [0.1, 0.15) is 0 Å². The maximum absolute atomic E-state index is 9.99. The highest BCUT2D eigenvalue weighted by atomic mass is 16.3. The van der Waals surface area contributed by atoms with Crippen molar-refractivity contribution in [2.75, 3.05) is 0 Å². The van der Waals surface area contributed by atoms with E-state index in [2.05, 4.69) is 19.9 Å². The second-order valence-corrected chi connectivity index (χ2v) is 4.75. The van der Waals surface area contributed by atoms with Gasteiger partial charge in [-0.3, -0.25) is 0 Å². The molecule has 1 N–H and O–H groups in total. The summed E-state index contributed by atoms with van der Waals surface area (Å²) < 4.78 is 0. The molecule has 0 bridgehead atoms. The minimum Gasteiger partial charge on any atom is -0.391 e. The first kappa shape index (κ1) is 11.5. The van der Waals surface area contributed by atoms with E-state index in [9.17, 15) is 10.4 Å². The van der Waals surface area contributed by atoms with E-state index in [4.69, 9.17) is 0 Å². The van der Waals surface area contributed by atoms with E-state index < -0.39 is 11.5 Å². The molecular formula is C12H21NO. The van der Waals surface area contributed by atoms with Gasteiger partial charge in [-0.25, -0.2) is 0 Å². The largest absolute Gasteiger partial charge is 0.391 e. The molecule has 0 heterocycles. The van der Waals surface area contributed by atoms with Crippen molar-refractivity contribution < 1.29 is 5.11 Å². The maximum Gasteiger partial charge on any atom is 0.0832 e. The van der Waals surface area contributed by atoms with Crippen LogP contribution in [0.25, 0.3) is 0 Å². The molecule has 2 heteroatoms. The third-order valence-corrected chi connectivity index (χ3v) is 3.59. The summed E-state index contributed by atoms with van der Waals surface area (Å²) in [6, 6.07) is 2.37. The molecule has 1 saturated carbocycles. The van der Waals surface area contributed by atoms with Crippen LogP contribution in [-0.2, 0) is 0 Å². The molecule has 0 spiro atoms. The van der Waals surface area contributed by atoms with E-state index in [0.717, 1.165) is 44.4 Å². The van der Waals surface area contributed by atoms with Gasteiger partial charge in [0, 0.05) is 0 Å². The number of aliphatic hydroxyl groups excluding tert-OH is 1. The van der Waals surface area contributed by atoms with Crippen LogP contribution >= 0.6 is 0 Å². The van der Waals surface area contributed by atoms with Crippen molar-refractivity contribution in [3.8, 4) is 6.07 Å². The third-order valence-electron chi connectivity index (χ3n) is 3.59. The van der Waals surface area contributed by atoms with Crippen molar-refractivity contribution in [1.82, 2.24) is 0 Å². The fourth-order valence-corrected chi connectivity index (χ4v) is 2.35. The molecule has 1 unspecified atom stereocenters. The van der Waals surface area contributed by atoms with Crippen LogP contribution in [0.1, 0.15) is 52.4 Å². The summed E-state index contributed by atoms with van der Waals surface area (Å²) in [5.74, 6) is 0.727. The summed E-state index contributed by atoms with van der Waals surface area (Å²) in [6.07, 6.45) is 5.26. The Morgan fingerprint density at radius 3 is 2.50 bits per heavy atom. The number of nitrogens with zero attached hydrogens (tertiary/aromatic N) is 1. The number of hydrogen-bond donors (Lipinski definition) is 1. The lowest BCUT2D eigenvalue weighted by atomic mass is 9.68. The van der Waals surface area contributed by atoms with E-state index in [1.54, 1.807) is 0 Å². The van der Waals surface area contributed by atoms with Crippen LogP contribution in [0.15, 0.2) is 0 Å². The second-order valence-electron chi connectivity index (χ2n) is 4.75. The van der Waals surface area contributed by atoms with Gasteiger partial charge >= 0.3 is 0 Å². The molecule has 0 radical (unpaired) electrons. The minimum atomic E-state index is -0.428. The Morgan fingerprint density at radius 2 is 2.07 bits per heavy atom. The highest BCUT2D eigenvalue weighted by molar-refractivity contribution is 5.05. The predicted molar refractivity (Wildman–Crippen MR) is 56.6 cm³/mol. The van der Waals surface area contributed by atoms with E-state index in [1.807, 2.05) is 0 Å². The minimum absolute atomic E-state index is 0.412. The first-order valence-corrected chi connectivity index (χ1v) is 5.74. The summed E-state index contributed by atoms with van der Waals surface area (Å²) in [5, 5.41) is 19.2. The highest BCUT2D eigenvalue weighted by Crippen LogP contribution is 2.42. The quantitative estimate of drug-likeness (QED) is 0.752. The number of rotatable bonds is 3. The lowest BCUT2D eigenvalue weighted by molar-refractivity contribution is 0.0217. The third kappa shape index (κ3) is 2.27. The van der Waals surface area contributed by atoms with Gasteiger partial charge < -0.3 is 5.11 Å². The number of hydrogen-bond acceptors (Lipinski definition) is 2. The van der Waals surface area contributed by atoms with Crippen molar-refractivity contribution in [2.24, 2.45) is 11.3 Å². The summed E-state index contributed by atoms with van der Waals surface area (Å²) in [6.45, 7) is 4.28. The fourth-order valence-electron chi connectivity index (χ4n) is 2.35. The van der Waals surface area contributed by atoms with E-state index in [1.165, 1.54) is 0 Å². The monoisotopic (exact) mass is 195 g/mol. The van der Waals surface area contributed by atoms with Gasteiger partial charge in [0.15, 0.2) is 0 Å². The molecule has 1 rings (SSSR count). The molecule has 0 amide bonds. The molecule has 1 aliphatic rings. The summed E-state index contributed by atoms with van der Waals surface area (Å²) in [7, 11) is 0. The van der Waals surface area contributed by atoms with E-state index >= 15 is 0 Å². The van der Waals surface area contributed by atoms with Crippen LogP contribution in [0.2, 0.25) is 0 Å². The topological polar surface area (TPSA) is 44.0 Å². The molecule has 0 aliphatic heterocycles. The molecule has 1 atom stereocenters. The number of aliphatic hydroxyl groups is 1. The van der Waals surface area contributed by atoms with Crippen molar-refractivity contribution >= 4 is 0 Å². The average molecular weight is 195 g/mol. The molecule has 1 fully saturated rings.